The molecule has 1 aliphatic heterocycles. The predicted octanol–water partition coefficient (Wildman–Crippen LogP) is 3.04. The van der Waals surface area contributed by atoms with Crippen LogP contribution in [0.1, 0.15) is 53.4 Å². The first kappa shape index (κ1) is 15.0. The Morgan fingerprint density at radius 1 is 1.29 bits per heavy atom. The highest BCUT2D eigenvalue weighted by molar-refractivity contribution is 4.84. The van der Waals surface area contributed by atoms with Gasteiger partial charge in [-0.15, -0.1) is 0 Å². The first-order chi connectivity index (χ1) is 8.10. The molecule has 1 rings (SSSR count). The maximum Gasteiger partial charge on any atom is 0.000576 e. The maximum absolute atomic E-state index is 3.70. The van der Waals surface area contributed by atoms with E-state index in [2.05, 4.69) is 38.3 Å². The van der Waals surface area contributed by atoms with Crippen molar-refractivity contribution < 1.29 is 0 Å². The molecular formula is C15H32N2. The van der Waals surface area contributed by atoms with E-state index >= 15 is 0 Å². The van der Waals surface area contributed by atoms with Crippen LogP contribution >= 0.6 is 0 Å². The largest absolute Gasteiger partial charge is 0.316 e. The van der Waals surface area contributed by atoms with Gasteiger partial charge >= 0.3 is 0 Å². The van der Waals surface area contributed by atoms with Gasteiger partial charge in [-0.25, -0.2) is 0 Å². The number of piperidine rings is 1. The molecule has 1 saturated heterocycles. The van der Waals surface area contributed by atoms with Crippen LogP contribution in [0.25, 0.3) is 0 Å². The molecule has 2 nitrogen and oxygen atoms in total. The van der Waals surface area contributed by atoms with Crippen molar-refractivity contribution in [1.82, 2.24) is 10.6 Å². The molecule has 0 amide bonds. The molecule has 1 aliphatic rings. The summed E-state index contributed by atoms with van der Waals surface area (Å²) in [5.41, 5.74) is 0.430. The minimum Gasteiger partial charge on any atom is -0.316 e. The van der Waals surface area contributed by atoms with Gasteiger partial charge in [0.05, 0.1) is 0 Å². The van der Waals surface area contributed by atoms with E-state index in [1.54, 1.807) is 0 Å². The molecule has 0 spiro atoms. The summed E-state index contributed by atoms with van der Waals surface area (Å²) in [6.07, 6.45) is 5.34. The quantitative estimate of drug-likeness (QED) is 0.715. The van der Waals surface area contributed by atoms with E-state index in [0.29, 0.717) is 5.41 Å². The summed E-state index contributed by atoms with van der Waals surface area (Å²) in [6.45, 7) is 14.2. The molecule has 0 aromatic heterocycles. The van der Waals surface area contributed by atoms with Crippen LogP contribution in [0.2, 0.25) is 0 Å². The van der Waals surface area contributed by atoms with E-state index in [1.165, 1.54) is 45.3 Å². The Hall–Kier alpha value is -0.0800. The van der Waals surface area contributed by atoms with Crippen LogP contribution in [0.15, 0.2) is 0 Å². The number of rotatable bonds is 7. The van der Waals surface area contributed by atoms with Gasteiger partial charge in [-0.1, -0.05) is 40.5 Å². The molecule has 2 heteroatoms. The topological polar surface area (TPSA) is 24.1 Å². The molecule has 102 valence electrons. The second-order valence-corrected chi connectivity index (χ2v) is 6.35. The van der Waals surface area contributed by atoms with Crippen molar-refractivity contribution in [3.8, 4) is 0 Å². The summed E-state index contributed by atoms with van der Waals surface area (Å²) >= 11 is 0. The molecule has 1 heterocycles. The number of hydrogen-bond donors (Lipinski definition) is 2. The van der Waals surface area contributed by atoms with Crippen molar-refractivity contribution in [3.63, 3.8) is 0 Å². The summed E-state index contributed by atoms with van der Waals surface area (Å²) in [5.74, 6) is 1.70. The van der Waals surface area contributed by atoms with E-state index < -0.39 is 0 Å². The van der Waals surface area contributed by atoms with Crippen molar-refractivity contribution in [1.29, 1.82) is 0 Å². The summed E-state index contributed by atoms with van der Waals surface area (Å²) < 4.78 is 0. The van der Waals surface area contributed by atoms with Gasteiger partial charge in [-0.3, -0.25) is 0 Å². The van der Waals surface area contributed by atoms with Gasteiger partial charge in [0.25, 0.3) is 0 Å². The third kappa shape index (κ3) is 4.97. The maximum atomic E-state index is 3.70. The van der Waals surface area contributed by atoms with E-state index in [4.69, 9.17) is 0 Å². The third-order valence-corrected chi connectivity index (χ3v) is 4.57. The summed E-state index contributed by atoms with van der Waals surface area (Å²) in [7, 11) is 0. The molecule has 1 unspecified atom stereocenters. The van der Waals surface area contributed by atoms with E-state index in [0.717, 1.165) is 18.4 Å². The average Bonchev–Trinajstić information content (AvgIpc) is 2.36. The summed E-state index contributed by atoms with van der Waals surface area (Å²) in [4.78, 5) is 0. The molecule has 1 atom stereocenters. The molecule has 17 heavy (non-hydrogen) atoms. The van der Waals surface area contributed by atoms with Crippen molar-refractivity contribution in [3.05, 3.63) is 0 Å². The average molecular weight is 240 g/mol. The van der Waals surface area contributed by atoms with Gasteiger partial charge in [0.1, 0.15) is 0 Å². The first-order valence-electron chi connectivity index (χ1n) is 7.51. The van der Waals surface area contributed by atoms with Gasteiger partial charge in [-0.05, 0) is 49.7 Å². The molecule has 2 N–H and O–H groups in total. The Kier molecular flexibility index (Phi) is 6.50. The Morgan fingerprint density at radius 2 is 2.00 bits per heavy atom. The second kappa shape index (κ2) is 7.38. The Bertz CT molecular complexity index is 191. The predicted molar refractivity (Wildman–Crippen MR) is 76.3 cm³/mol. The van der Waals surface area contributed by atoms with Crippen molar-refractivity contribution in [2.75, 3.05) is 26.2 Å². The summed E-state index contributed by atoms with van der Waals surface area (Å²) in [5, 5.41) is 7.23. The summed E-state index contributed by atoms with van der Waals surface area (Å²) in [6, 6.07) is 0. The number of nitrogens with one attached hydrogen (secondary N) is 2. The third-order valence-electron chi connectivity index (χ3n) is 4.57. The minimum absolute atomic E-state index is 0.430. The van der Waals surface area contributed by atoms with Crippen LogP contribution in [0.3, 0.4) is 0 Å². The molecular weight excluding hydrogens is 208 g/mol. The zero-order valence-electron chi connectivity index (χ0n) is 12.3. The lowest BCUT2D eigenvalue weighted by atomic mass is 9.75. The minimum atomic E-state index is 0.430. The SMILES string of the molecule is CCC(CC)CNCC(C)(C)C1CCCNC1. The van der Waals surface area contributed by atoms with Gasteiger partial charge < -0.3 is 10.6 Å². The Balaban J connectivity index is 2.27. The molecule has 0 aromatic rings. The highest BCUT2D eigenvalue weighted by Crippen LogP contribution is 2.30. The second-order valence-electron chi connectivity index (χ2n) is 6.35. The zero-order chi connectivity index (χ0) is 12.7. The van der Waals surface area contributed by atoms with Crippen LogP contribution in [-0.4, -0.2) is 26.2 Å². The molecule has 0 aromatic carbocycles. The van der Waals surface area contributed by atoms with Gasteiger partial charge in [-0.2, -0.15) is 0 Å². The van der Waals surface area contributed by atoms with Crippen molar-refractivity contribution in [2.24, 2.45) is 17.3 Å². The fourth-order valence-corrected chi connectivity index (χ4v) is 2.84. The van der Waals surface area contributed by atoms with Gasteiger partial charge in [0.2, 0.25) is 0 Å². The van der Waals surface area contributed by atoms with E-state index in [-0.39, 0.29) is 0 Å². The van der Waals surface area contributed by atoms with Crippen LogP contribution in [0.5, 0.6) is 0 Å². The van der Waals surface area contributed by atoms with E-state index in [1.807, 2.05) is 0 Å². The van der Waals surface area contributed by atoms with Crippen LogP contribution in [0.4, 0.5) is 0 Å². The Labute approximate surface area is 108 Å². The lowest BCUT2D eigenvalue weighted by Gasteiger charge is -2.38. The highest BCUT2D eigenvalue weighted by Gasteiger charge is 2.30. The monoisotopic (exact) mass is 240 g/mol. The highest BCUT2D eigenvalue weighted by atomic mass is 14.9. The molecule has 0 bridgehead atoms. The Morgan fingerprint density at radius 3 is 2.53 bits per heavy atom. The molecule has 1 fully saturated rings. The van der Waals surface area contributed by atoms with Crippen molar-refractivity contribution in [2.45, 2.75) is 53.4 Å². The smallest absolute Gasteiger partial charge is 0.000576 e. The standard InChI is InChI=1S/C15H32N2/c1-5-13(6-2)10-17-12-15(3,4)14-8-7-9-16-11-14/h13-14,16-17H,5-12H2,1-4H3. The molecule has 0 radical (unpaired) electrons. The molecule has 0 aliphatic carbocycles. The van der Waals surface area contributed by atoms with Gasteiger partial charge in [0.15, 0.2) is 0 Å². The first-order valence-corrected chi connectivity index (χ1v) is 7.51. The molecule has 0 saturated carbocycles. The number of hydrogen-bond acceptors (Lipinski definition) is 2. The van der Waals surface area contributed by atoms with Crippen LogP contribution < -0.4 is 10.6 Å². The van der Waals surface area contributed by atoms with Gasteiger partial charge in [0, 0.05) is 6.54 Å². The zero-order valence-corrected chi connectivity index (χ0v) is 12.3. The lowest BCUT2D eigenvalue weighted by molar-refractivity contribution is 0.164. The fraction of sp³-hybridized carbons (Fsp3) is 1.00. The van der Waals surface area contributed by atoms with Crippen molar-refractivity contribution >= 4 is 0 Å². The normalized spacial score (nSPS) is 22.1. The van der Waals surface area contributed by atoms with E-state index in [9.17, 15) is 0 Å². The lowest BCUT2D eigenvalue weighted by Crippen LogP contribution is -2.44. The fourth-order valence-electron chi connectivity index (χ4n) is 2.84. The van der Waals surface area contributed by atoms with Crippen LogP contribution in [0, 0.1) is 17.3 Å². The van der Waals surface area contributed by atoms with Crippen LogP contribution in [-0.2, 0) is 0 Å².